The average Bonchev–Trinajstić information content (AvgIpc) is 2.67. The van der Waals surface area contributed by atoms with Crippen molar-refractivity contribution in [3.8, 4) is 0 Å². The standard InChI is InChI=1S/C12H16N4O3/c1-12(2,10(17)18)13-6-8-16-11(19)15-7-4-3-5-9(15)14-16/h3-5,7,13H,6,8H2,1-2H3,(H,17,18). The fourth-order valence-corrected chi connectivity index (χ4v) is 1.66. The molecule has 19 heavy (non-hydrogen) atoms. The van der Waals surface area contributed by atoms with E-state index < -0.39 is 11.5 Å². The highest BCUT2D eigenvalue weighted by atomic mass is 16.4. The van der Waals surface area contributed by atoms with Crippen LogP contribution in [-0.2, 0) is 11.3 Å². The molecule has 0 aliphatic rings. The Kier molecular flexibility index (Phi) is 3.39. The van der Waals surface area contributed by atoms with Crippen LogP contribution in [0.1, 0.15) is 13.8 Å². The van der Waals surface area contributed by atoms with Crippen molar-refractivity contribution in [3.63, 3.8) is 0 Å². The maximum atomic E-state index is 11.9. The number of rotatable bonds is 5. The van der Waals surface area contributed by atoms with Crippen molar-refractivity contribution in [3.05, 3.63) is 34.9 Å². The van der Waals surface area contributed by atoms with E-state index in [2.05, 4.69) is 10.4 Å². The number of carbonyl (C=O) groups is 1. The van der Waals surface area contributed by atoms with Crippen LogP contribution in [0.3, 0.4) is 0 Å². The number of aromatic nitrogens is 3. The second-order valence-corrected chi connectivity index (χ2v) is 4.79. The SMILES string of the molecule is CC(C)(NCCn1nc2ccccn2c1=O)C(=O)O. The number of aliphatic carboxylic acids is 1. The molecule has 7 nitrogen and oxygen atoms in total. The van der Waals surface area contributed by atoms with E-state index in [0.717, 1.165) is 0 Å². The Morgan fingerprint density at radius 2 is 2.21 bits per heavy atom. The molecule has 2 rings (SSSR count). The maximum absolute atomic E-state index is 11.9. The van der Waals surface area contributed by atoms with E-state index in [9.17, 15) is 9.59 Å². The minimum absolute atomic E-state index is 0.231. The van der Waals surface area contributed by atoms with E-state index in [4.69, 9.17) is 5.11 Å². The first-order chi connectivity index (χ1) is 8.92. The van der Waals surface area contributed by atoms with Crippen LogP contribution in [0.5, 0.6) is 0 Å². The average molecular weight is 264 g/mol. The summed E-state index contributed by atoms with van der Waals surface area (Å²) in [6, 6.07) is 5.30. The first-order valence-corrected chi connectivity index (χ1v) is 5.94. The molecule has 2 N–H and O–H groups in total. The summed E-state index contributed by atoms with van der Waals surface area (Å²) in [5.41, 5.74) is -0.682. The minimum atomic E-state index is -1.03. The second kappa shape index (κ2) is 4.85. The van der Waals surface area contributed by atoms with Gasteiger partial charge >= 0.3 is 11.7 Å². The summed E-state index contributed by atoms with van der Waals surface area (Å²) in [7, 11) is 0. The number of nitrogens with one attached hydrogen (secondary N) is 1. The number of hydrogen-bond acceptors (Lipinski definition) is 4. The summed E-state index contributed by atoms with van der Waals surface area (Å²) in [4.78, 5) is 22.9. The molecule has 0 bridgehead atoms. The van der Waals surface area contributed by atoms with Gasteiger partial charge in [0.15, 0.2) is 5.65 Å². The molecule has 7 heteroatoms. The molecule has 2 aromatic heterocycles. The Morgan fingerprint density at radius 3 is 2.84 bits per heavy atom. The lowest BCUT2D eigenvalue weighted by Crippen LogP contribution is -2.48. The molecule has 0 saturated carbocycles. The molecule has 2 aromatic rings. The van der Waals surface area contributed by atoms with Gasteiger partial charge in [-0.2, -0.15) is 0 Å². The van der Waals surface area contributed by atoms with Crippen molar-refractivity contribution in [1.29, 1.82) is 0 Å². The largest absolute Gasteiger partial charge is 0.480 e. The summed E-state index contributed by atoms with van der Waals surface area (Å²) < 4.78 is 2.77. The van der Waals surface area contributed by atoms with E-state index >= 15 is 0 Å². The topological polar surface area (TPSA) is 88.6 Å². The zero-order chi connectivity index (χ0) is 14.0. The van der Waals surface area contributed by atoms with Gasteiger partial charge in [0.05, 0.1) is 6.54 Å². The smallest absolute Gasteiger partial charge is 0.350 e. The zero-order valence-electron chi connectivity index (χ0n) is 10.8. The van der Waals surface area contributed by atoms with E-state index in [0.29, 0.717) is 18.7 Å². The van der Waals surface area contributed by atoms with Crippen LogP contribution < -0.4 is 11.0 Å². The van der Waals surface area contributed by atoms with Gasteiger partial charge in [0.1, 0.15) is 5.54 Å². The van der Waals surface area contributed by atoms with Crippen molar-refractivity contribution in [1.82, 2.24) is 19.5 Å². The molecule has 2 heterocycles. The van der Waals surface area contributed by atoms with Gasteiger partial charge in [0.2, 0.25) is 0 Å². The van der Waals surface area contributed by atoms with Gasteiger partial charge in [0.25, 0.3) is 0 Å². The van der Waals surface area contributed by atoms with Crippen molar-refractivity contribution >= 4 is 11.6 Å². The molecule has 0 aliphatic heterocycles. The molecule has 0 amide bonds. The Balaban J connectivity index is 2.09. The van der Waals surface area contributed by atoms with Gasteiger partial charge < -0.3 is 10.4 Å². The third-order valence-electron chi connectivity index (χ3n) is 2.91. The highest BCUT2D eigenvalue weighted by molar-refractivity contribution is 5.77. The number of pyridine rings is 1. The zero-order valence-corrected chi connectivity index (χ0v) is 10.8. The van der Waals surface area contributed by atoms with Gasteiger partial charge in [-0.3, -0.25) is 9.20 Å². The fraction of sp³-hybridized carbons (Fsp3) is 0.417. The Hall–Kier alpha value is -2.15. The Labute approximate surface area is 109 Å². The van der Waals surface area contributed by atoms with E-state index in [1.54, 1.807) is 38.2 Å². The van der Waals surface area contributed by atoms with E-state index in [-0.39, 0.29) is 5.69 Å². The first kappa shape index (κ1) is 13.3. The lowest BCUT2D eigenvalue weighted by molar-refractivity contribution is -0.143. The molecular weight excluding hydrogens is 248 g/mol. The summed E-state index contributed by atoms with van der Waals surface area (Å²) in [5, 5.41) is 16.0. The number of hydrogen-bond donors (Lipinski definition) is 2. The predicted octanol–water partition coefficient (Wildman–Crippen LogP) is -0.0512. The molecule has 0 aliphatic carbocycles. The van der Waals surface area contributed by atoms with Crippen molar-refractivity contribution in [2.45, 2.75) is 25.9 Å². The summed E-state index contributed by atoms with van der Waals surface area (Å²) in [6.07, 6.45) is 1.65. The normalized spacial score (nSPS) is 11.9. The van der Waals surface area contributed by atoms with Crippen molar-refractivity contribution in [2.24, 2.45) is 0 Å². The van der Waals surface area contributed by atoms with Crippen LogP contribution in [0.2, 0.25) is 0 Å². The Bertz CT molecular complexity index is 656. The molecule has 102 valence electrons. The number of fused-ring (bicyclic) bond motifs is 1. The molecule has 0 spiro atoms. The monoisotopic (exact) mass is 264 g/mol. The first-order valence-electron chi connectivity index (χ1n) is 5.94. The third kappa shape index (κ3) is 2.65. The van der Waals surface area contributed by atoms with Gasteiger partial charge in [-0.15, -0.1) is 5.10 Å². The van der Waals surface area contributed by atoms with Gasteiger partial charge in [-0.05, 0) is 26.0 Å². The molecule has 0 atom stereocenters. The predicted molar refractivity (Wildman–Crippen MR) is 69.2 cm³/mol. The third-order valence-corrected chi connectivity index (χ3v) is 2.91. The number of carboxylic acid groups (broad SMARTS) is 1. The summed E-state index contributed by atoms with van der Waals surface area (Å²) in [5.74, 6) is -0.935. The number of carboxylic acids is 1. The quantitative estimate of drug-likeness (QED) is 0.790. The Morgan fingerprint density at radius 1 is 1.47 bits per heavy atom. The van der Waals surface area contributed by atoms with Crippen LogP contribution in [0.15, 0.2) is 29.2 Å². The van der Waals surface area contributed by atoms with Crippen LogP contribution in [0.4, 0.5) is 0 Å². The highest BCUT2D eigenvalue weighted by Crippen LogP contribution is 2.01. The van der Waals surface area contributed by atoms with Gasteiger partial charge in [-0.25, -0.2) is 9.48 Å². The van der Waals surface area contributed by atoms with Crippen molar-refractivity contribution in [2.75, 3.05) is 6.54 Å². The fourth-order valence-electron chi connectivity index (χ4n) is 1.66. The van der Waals surface area contributed by atoms with Crippen LogP contribution in [-0.4, -0.2) is 37.3 Å². The van der Waals surface area contributed by atoms with Gasteiger partial charge in [0, 0.05) is 12.7 Å². The summed E-state index contributed by atoms with van der Waals surface area (Å²) in [6.45, 7) is 3.81. The lowest BCUT2D eigenvalue weighted by atomic mass is 10.1. The molecule has 0 saturated heterocycles. The minimum Gasteiger partial charge on any atom is -0.480 e. The molecule has 0 unspecified atom stereocenters. The molecule has 0 fully saturated rings. The van der Waals surface area contributed by atoms with Crippen molar-refractivity contribution < 1.29 is 9.90 Å². The molecule has 0 radical (unpaired) electrons. The van der Waals surface area contributed by atoms with E-state index in [1.165, 1.54) is 9.08 Å². The number of nitrogens with zero attached hydrogens (tertiary/aromatic N) is 3. The van der Waals surface area contributed by atoms with Crippen LogP contribution >= 0.6 is 0 Å². The van der Waals surface area contributed by atoms with Crippen LogP contribution in [0, 0.1) is 0 Å². The highest BCUT2D eigenvalue weighted by Gasteiger charge is 2.25. The van der Waals surface area contributed by atoms with Crippen LogP contribution in [0.25, 0.3) is 5.65 Å². The molecular formula is C12H16N4O3. The molecule has 0 aromatic carbocycles. The van der Waals surface area contributed by atoms with Gasteiger partial charge in [-0.1, -0.05) is 6.07 Å². The second-order valence-electron chi connectivity index (χ2n) is 4.79. The lowest BCUT2D eigenvalue weighted by Gasteiger charge is -2.20. The maximum Gasteiger partial charge on any atom is 0.350 e. The summed E-state index contributed by atoms with van der Waals surface area (Å²) >= 11 is 0. The van der Waals surface area contributed by atoms with E-state index in [1.807, 2.05) is 0 Å².